The summed E-state index contributed by atoms with van der Waals surface area (Å²) >= 11 is 0. The van der Waals surface area contributed by atoms with E-state index in [1.807, 2.05) is 0 Å². The number of hydrogen-bond donors (Lipinski definition) is 3. The molecule has 0 spiro atoms. The number of carboxylic acids is 1. The van der Waals surface area contributed by atoms with Gasteiger partial charge in [-0.05, 0) is 55.2 Å². The van der Waals surface area contributed by atoms with Crippen molar-refractivity contribution in [2.75, 3.05) is 6.54 Å². The van der Waals surface area contributed by atoms with Crippen LogP contribution in [0.5, 0.6) is 5.75 Å². The Kier molecular flexibility index (Phi) is 3.22. The molecule has 0 aromatic heterocycles. The summed E-state index contributed by atoms with van der Waals surface area (Å²) in [5.74, 6) is -1.17. The molecule has 0 aliphatic heterocycles. The lowest BCUT2D eigenvalue weighted by molar-refractivity contribution is 0.0693. The standard InChI is InChI=1S/C14H17NO5S/c16-12-4-3-10(7-11(12)13(17)18)21(19,20)15-8-14(5-6-14)9-1-2-9/h3-4,7,9,15-16H,1-2,5-6,8H2,(H,17,18). The third-order valence-corrected chi connectivity index (χ3v) is 5.86. The van der Waals surface area contributed by atoms with E-state index in [-0.39, 0.29) is 10.3 Å². The van der Waals surface area contributed by atoms with Crippen LogP contribution in [0.2, 0.25) is 0 Å². The van der Waals surface area contributed by atoms with Crippen molar-refractivity contribution in [3.05, 3.63) is 23.8 Å². The molecule has 0 heterocycles. The highest BCUT2D eigenvalue weighted by Gasteiger charge is 2.53. The number of phenols is 1. The Bertz CT molecular complexity index is 689. The van der Waals surface area contributed by atoms with Crippen molar-refractivity contribution in [1.29, 1.82) is 0 Å². The molecule has 0 amide bonds. The minimum absolute atomic E-state index is 0.125. The number of benzene rings is 1. The monoisotopic (exact) mass is 311 g/mol. The number of carboxylic acid groups (broad SMARTS) is 1. The first-order chi connectivity index (χ1) is 9.84. The second-order valence-electron chi connectivity index (χ2n) is 5.95. The van der Waals surface area contributed by atoms with Crippen LogP contribution in [0.15, 0.2) is 23.1 Å². The Labute approximate surface area is 122 Å². The number of sulfonamides is 1. The number of rotatable bonds is 6. The molecule has 0 saturated heterocycles. The van der Waals surface area contributed by atoms with Crippen LogP contribution in [0.4, 0.5) is 0 Å². The highest BCUT2D eigenvalue weighted by atomic mass is 32.2. The first kappa shape index (κ1) is 14.3. The van der Waals surface area contributed by atoms with Gasteiger partial charge in [0.2, 0.25) is 10.0 Å². The van der Waals surface area contributed by atoms with Crippen LogP contribution in [0.1, 0.15) is 36.0 Å². The van der Waals surface area contributed by atoms with Gasteiger partial charge in [0.05, 0.1) is 4.90 Å². The topological polar surface area (TPSA) is 104 Å². The van der Waals surface area contributed by atoms with Crippen LogP contribution in [0.3, 0.4) is 0 Å². The number of hydrogen-bond acceptors (Lipinski definition) is 4. The SMILES string of the molecule is O=C(O)c1cc(S(=O)(=O)NCC2(C3CC3)CC2)ccc1O. The van der Waals surface area contributed by atoms with Gasteiger partial charge in [0.25, 0.3) is 0 Å². The van der Waals surface area contributed by atoms with Gasteiger partial charge in [-0.1, -0.05) is 0 Å². The molecule has 2 aliphatic carbocycles. The van der Waals surface area contributed by atoms with Gasteiger partial charge in [0, 0.05) is 6.54 Å². The summed E-state index contributed by atoms with van der Waals surface area (Å²) in [5, 5.41) is 18.4. The highest BCUT2D eigenvalue weighted by molar-refractivity contribution is 7.89. The summed E-state index contributed by atoms with van der Waals surface area (Å²) in [6, 6.07) is 3.28. The zero-order valence-corrected chi connectivity index (χ0v) is 12.2. The first-order valence-corrected chi connectivity index (χ1v) is 8.38. The quantitative estimate of drug-likeness (QED) is 0.739. The number of nitrogens with one attached hydrogen (secondary N) is 1. The van der Waals surface area contributed by atoms with E-state index in [1.54, 1.807) is 0 Å². The Morgan fingerprint density at radius 1 is 1.33 bits per heavy atom. The maximum atomic E-state index is 12.3. The fourth-order valence-electron chi connectivity index (χ4n) is 2.76. The molecule has 114 valence electrons. The smallest absolute Gasteiger partial charge is 0.339 e. The van der Waals surface area contributed by atoms with Gasteiger partial charge in [-0.25, -0.2) is 17.9 Å². The van der Waals surface area contributed by atoms with Gasteiger partial charge >= 0.3 is 5.97 Å². The Balaban J connectivity index is 1.78. The highest BCUT2D eigenvalue weighted by Crippen LogP contribution is 2.60. The second-order valence-corrected chi connectivity index (χ2v) is 7.71. The van der Waals surface area contributed by atoms with E-state index >= 15 is 0 Å². The zero-order chi connectivity index (χ0) is 15.3. The van der Waals surface area contributed by atoms with Crippen LogP contribution < -0.4 is 4.72 Å². The van der Waals surface area contributed by atoms with E-state index in [0.717, 1.165) is 25.0 Å². The van der Waals surface area contributed by atoms with Gasteiger partial charge in [-0.2, -0.15) is 0 Å². The maximum Gasteiger partial charge on any atom is 0.339 e. The Hall–Kier alpha value is -1.60. The minimum atomic E-state index is -3.76. The summed E-state index contributed by atoms with van der Waals surface area (Å²) in [5.41, 5.74) is -0.291. The summed E-state index contributed by atoms with van der Waals surface area (Å²) in [7, 11) is -3.76. The largest absolute Gasteiger partial charge is 0.507 e. The fraction of sp³-hybridized carbons (Fsp3) is 0.500. The molecule has 6 nitrogen and oxygen atoms in total. The van der Waals surface area contributed by atoms with Crippen LogP contribution in [-0.4, -0.2) is 31.1 Å². The molecule has 7 heteroatoms. The number of carbonyl (C=O) groups is 1. The summed E-state index contributed by atoms with van der Waals surface area (Å²) in [6.07, 6.45) is 4.44. The molecule has 21 heavy (non-hydrogen) atoms. The zero-order valence-electron chi connectivity index (χ0n) is 11.4. The molecule has 2 fully saturated rings. The lowest BCUT2D eigenvalue weighted by Gasteiger charge is -2.15. The van der Waals surface area contributed by atoms with Crippen molar-refractivity contribution in [3.63, 3.8) is 0 Å². The third-order valence-electron chi connectivity index (χ3n) is 4.46. The average molecular weight is 311 g/mol. The normalized spacial score (nSPS) is 20.2. The average Bonchev–Trinajstić information content (AvgIpc) is 3.27. The Morgan fingerprint density at radius 3 is 2.52 bits per heavy atom. The van der Waals surface area contributed by atoms with E-state index < -0.39 is 27.3 Å². The minimum Gasteiger partial charge on any atom is -0.507 e. The van der Waals surface area contributed by atoms with Gasteiger partial charge in [-0.15, -0.1) is 0 Å². The van der Waals surface area contributed by atoms with Crippen molar-refractivity contribution in [1.82, 2.24) is 4.72 Å². The van der Waals surface area contributed by atoms with E-state index in [4.69, 9.17) is 5.11 Å². The second kappa shape index (κ2) is 4.71. The van der Waals surface area contributed by atoms with Crippen molar-refractivity contribution in [2.45, 2.75) is 30.6 Å². The van der Waals surface area contributed by atoms with E-state index in [2.05, 4.69) is 4.72 Å². The molecule has 0 unspecified atom stereocenters. The lowest BCUT2D eigenvalue weighted by atomic mass is 10.0. The third kappa shape index (κ3) is 2.75. The van der Waals surface area contributed by atoms with E-state index in [0.29, 0.717) is 12.5 Å². The first-order valence-electron chi connectivity index (χ1n) is 6.90. The predicted molar refractivity (Wildman–Crippen MR) is 74.6 cm³/mol. The molecule has 2 aliphatic rings. The van der Waals surface area contributed by atoms with E-state index in [9.17, 15) is 18.3 Å². The van der Waals surface area contributed by atoms with Gasteiger partial charge in [-0.3, -0.25) is 0 Å². The number of aromatic carboxylic acids is 1. The molecule has 2 saturated carbocycles. The fourth-order valence-corrected chi connectivity index (χ4v) is 3.93. The van der Waals surface area contributed by atoms with Crippen LogP contribution in [-0.2, 0) is 10.0 Å². The molecular formula is C14H17NO5S. The van der Waals surface area contributed by atoms with Crippen LogP contribution in [0, 0.1) is 11.3 Å². The van der Waals surface area contributed by atoms with Gasteiger partial charge < -0.3 is 10.2 Å². The van der Waals surface area contributed by atoms with Gasteiger partial charge in [0.1, 0.15) is 11.3 Å². The maximum absolute atomic E-state index is 12.3. The molecule has 0 bridgehead atoms. The van der Waals surface area contributed by atoms with Crippen LogP contribution >= 0.6 is 0 Å². The molecular weight excluding hydrogens is 294 g/mol. The molecule has 3 rings (SSSR count). The summed E-state index contributed by atoms with van der Waals surface area (Å²) in [6.45, 7) is 0.406. The molecule has 3 N–H and O–H groups in total. The van der Waals surface area contributed by atoms with E-state index in [1.165, 1.54) is 18.9 Å². The Morgan fingerprint density at radius 2 is 2.00 bits per heavy atom. The van der Waals surface area contributed by atoms with Gasteiger partial charge in [0.15, 0.2) is 0 Å². The molecule has 0 atom stereocenters. The molecule has 1 aromatic rings. The summed E-state index contributed by atoms with van der Waals surface area (Å²) < 4.78 is 27.1. The van der Waals surface area contributed by atoms with Crippen molar-refractivity contribution < 1.29 is 23.4 Å². The lowest BCUT2D eigenvalue weighted by Crippen LogP contribution is -2.31. The van der Waals surface area contributed by atoms with Crippen LogP contribution in [0.25, 0.3) is 0 Å². The molecule has 1 aromatic carbocycles. The van der Waals surface area contributed by atoms with Crippen molar-refractivity contribution in [2.24, 2.45) is 11.3 Å². The van der Waals surface area contributed by atoms with Crippen molar-refractivity contribution >= 4 is 16.0 Å². The molecule has 0 radical (unpaired) electrons. The number of aromatic hydroxyl groups is 1. The predicted octanol–water partition coefficient (Wildman–Crippen LogP) is 1.56. The van der Waals surface area contributed by atoms with Crippen molar-refractivity contribution in [3.8, 4) is 5.75 Å². The summed E-state index contributed by atoms with van der Waals surface area (Å²) in [4.78, 5) is 10.8.